The summed E-state index contributed by atoms with van der Waals surface area (Å²) in [4.78, 5) is 22.5. The molecular weight excluding hydrogens is 422 g/mol. The van der Waals surface area contributed by atoms with E-state index in [1.165, 1.54) is 30.5 Å². The lowest BCUT2D eigenvalue weighted by atomic mass is 9.98. The topological polar surface area (TPSA) is 50.5 Å². The first kappa shape index (κ1) is 21.0. The molecule has 0 N–H and O–H groups in total. The predicted octanol–water partition coefficient (Wildman–Crippen LogP) is 5.31. The largest absolute Gasteiger partial charge is 0.373 e. The maximum Gasteiger partial charge on any atom is 0.150 e. The minimum atomic E-state index is -0.423. The van der Waals surface area contributed by atoms with Gasteiger partial charge in [-0.2, -0.15) is 0 Å². The maximum absolute atomic E-state index is 14.3. The Labute approximate surface area is 190 Å². The van der Waals surface area contributed by atoms with E-state index in [9.17, 15) is 13.6 Å². The molecule has 0 saturated carbocycles. The highest BCUT2D eigenvalue weighted by atomic mass is 19.1. The second-order valence-corrected chi connectivity index (χ2v) is 8.24. The van der Waals surface area contributed by atoms with Crippen LogP contribution < -0.4 is 4.90 Å². The Morgan fingerprint density at radius 3 is 2.85 bits per heavy atom. The molecule has 0 aliphatic carbocycles. The standard InChI is InChI=1S/C26H22F2N4O/c1-31-9-3-4-19-10-17(16-33)11-23(26(19)31)30-14-21-12-18-6-7-20(27)13-25(18)32(21)15-24-22(28)5-2-8-29-24/h2,5-8,10-14,16H,3-4,9,15H2,1H3. The van der Waals surface area contributed by atoms with E-state index in [0.717, 1.165) is 42.3 Å². The fourth-order valence-corrected chi connectivity index (χ4v) is 4.47. The molecule has 0 spiro atoms. The van der Waals surface area contributed by atoms with Crippen molar-refractivity contribution in [3.05, 3.63) is 88.9 Å². The number of benzene rings is 2. The van der Waals surface area contributed by atoms with Gasteiger partial charge in [0.2, 0.25) is 0 Å². The van der Waals surface area contributed by atoms with E-state index in [1.807, 2.05) is 19.2 Å². The van der Waals surface area contributed by atoms with Gasteiger partial charge in [0.25, 0.3) is 0 Å². The number of aromatic nitrogens is 2. The van der Waals surface area contributed by atoms with Crippen molar-refractivity contribution >= 4 is 34.8 Å². The lowest BCUT2D eigenvalue weighted by Crippen LogP contribution is -2.24. The van der Waals surface area contributed by atoms with Crippen LogP contribution in [-0.2, 0) is 13.0 Å². The van der Waals surface area contributed by atoms with E-state index in [1.54, 1.807) is 22.9 Å². The minimum Gasteiger partial charge on any atom is -0.373 e. The second kappa shape index (κ2) is 8.58. The first-order valence-electron chi connectivity index (χ1n) is 10.8. The molecule has 0 fully saturated rings. The Kier molecular flexibility index (Phi) is 5.46. The minimum absolute atomic E-state index is 0.132. The Bertz CT molecular complexity index is 1390. The number of rotatable bonds is 5. The van der Waals surface area contributed by atoms with Gasteiger partial charge in [-0.3, -0.25) is 14.8 Å². The summed E-state index contributed by atoms with van der Waals surface area (Å²) in [7, 11) is 2.02. The third-order valence-corrected chi connectivity index (χ3v) is 6.03. The summed E-state index contributed by atoms with van der Waals surface area (Å²) < 4.78 is 30.2. The van der Waals surface area contributed by atoms with Crippen LogP contribution in [0.25, 0.3) is 10.9 Å². The monoisotopic (exact) mass is 444 g/mol. The molecule has 2 aromatic heterocycles. The quantitative estimate of drug-likeness (QED) is 0.310. The van der Waals surface area contributed by atoms with Gasteiger partial charge in [0.15, 0.2) is 0 Å². The summed E-state index contributed by atoms with van der Waals surface area (Å²) in [5, 5.41) is 0.815. The average Bonchev–Trinajstić information content (AvgIpc) is 3.15. The molecule has 33 heavy (non-hydrogen) atoms. The molecule has 7 heteroatoms. The molecule has 0 radical (unpaired) electrons. The SMILES string of the molecule is CN1CCCc2cc(C=O)cc(N=Cc3cc4ccc(F)cc4n3Cc3ncccc3F)c21. The first-order valence-corrected chi connectivity index (χ1v) is 10.8. The van der Waals surface area contributed by atoms with Gasteiger partial charge >= 0.3 is 0 Å². The summed E-state index contributed by atoms with van der Waals surface area (Å²) in [6.45, 7) is 1.04. The van der Waals surface area contributed by atoms with Crippen molar-refractivity contribution in [1.82, 2.24) is 9.55 Å². The number of carbonyl (C=O) groups is 1. The zero-order valence-corrected chi connectivity index (χ0v) is 18.1. The number of aldehydes is 1. The molecule has 2 aromatic carbocycles. The van der Waals surface area contributed by atoms with Crippen LogP contribution in [0.15, 0.2) is 59.7 Å². The zero-order chi connectivity index (χ0) is 22.9. The number of aryl methyl sites for hydroxylation is 1. The first-order chi connectivity index (χ1) is 16.0. The molecule has 5 nitrogen and oxygen atoms in total. The highest BCUT2D eigenvalue weighted by molar-refractivity contribution is 5.93. The fourth-order valence-electron chi connectivity index (χ4n) is 4.47. The van der Waals surface area contributed by atoms with Gasteiger partial charge in [0, 0.05) is 30.7 Å². The van der Waals surface area contributed by atoms with Crippen molar-refractivity contribution in [2.75, 3.05) is 18.5 Å². The van der Waals surface area contributed by atoms with E-state index in [2.05, 4.69) is 9.88 Å². The average molecular weight is 444 g/mol. The van der Waals surface area contributed by atoms with Crippen molar-refractivity contribution in [1.29, 1.82) is 0 Å². The summed E-state index contributed by atoms with van der Waals surface area (Å²) in [5.74, 6) is -0.797. The van der Waals surface area contributed by atoms with Crippen LogP contribution in [0.4, 0.5) is 20.2 Å². The number of aliphatic imine (C=N–C) groups is 1. The molecule has 5 rings (SSSR count). The highest BCUT2D eigenvalue weighted by Gasteiger charge is 2.19. The van der Waals surface area contributed by atoms with E-state index in [-0.39, 0.29) is 18.1 Å². The van der Waals surface area contributed by atoms with Crippen LogP contribution in [0.5, 0.6) is 0 Å². The third kappa shape index (κ3) is 4.02. The number of fused-ring (bicyclic) bond motifs is 2. The predicted molar refractivity (Wildman–Crippen MR) is 126 cm³/mol. The van der Waals surface area contributed by atoms with Crippen LogP contribution >= 0.6 is 0 Å². The van der Waals surface area contributed by atoms with Crippen LogP contribution in [0, 0.1) is 11.6 Å². The number of halogens is 2. The summed E-state index contributed by atoms with van der Waals surface area (Å²) in [5.41, 5.74) is 4.95. The normalized spacial score (nSPS) is 13.6. The van der Waals surface area contributed by atoms with E-state index in [0.29, 0.717) is 22.5 Å². The van der Waals surface area contributed by atoms with Gasteiger partial charge in [0.05, 0.1) is 41.0 Å². The molecular formula is C26H22F2N4O. The molecule has 0 bridgehead atoms. The van der Waals surface area contributed by atoms with Gasteiger partial charge < -0.3 is 9.47 Å². The molecule has 3 heterocycles. The summed E-state index contributed by atoms with van der Waals surface area (Å²) >= 11 is 0. The number of hydrogen-bond donors (Lipinski definition) is 0. The number of anilines is 1. The number of pyridine rings is 1. The molecule has 4 aromatic rings. The lowest BCUT2D eigenvalue weighted by Gasteiger charge is -2.29. The smallest absolute Gasteiger partial charge is 0.150 e. The molecule has 1 aliphatic rings. The maximum atomic E-state index is 14.3. The molecule has 0 saturated heterocycles. The van der Waals surface area contributed by atoms with Crippen LogP contribution in [-0.4, -0.2) is 35.6 Å². The summed E-state index contributed by atoms with van der Waals surface area (Å²) in [6.07, 6.45) is 5.96. The second-order valence-electron chi connectivity index (χ2n) is 8.24. The van der Waals surface area contributed by atoms with Crippen LogP contribution in [0.1, 0.15) is 33.7 Å². The number of nitrogens with zero attached hydrogens (tertiary/aromatic N) is 4. The molecule has 166 valence electrons. The zero-order valence-electron chi connectivity index (χ0n) is 18.1. The van der Waals surface area contributed by atoms with Gasteiger partial charge in [-0.15, -0.1) is 0 Å². The Morgan fingerprint density at radius 2 is 2.03 bits per heavy atom. The third-order valence-electron chi connectivity index (χ3n) is 6.03. The Morgan fingerprint density at radius 1 is 1.15 bits per heavy atom. The summed E-state index contributed by atoms with van der Waals surface area (Å²) in [6, 6.07) is 13.0. The molecule has 0 atom stereocenters. The van der Waals surface area contributed by atoms with Gasteiger partial charge in [-0.1, -0.05) is 0 Å². The molecule has 0 unspecified atom stereocenters. The molecule has 0 amide bonds. The lowest BCUT2D eigenvalue weighted by molar-refractivity contribution is 0.112. The fraction of sp³-hybridized carbons (Fsp3) is 0.192. The number of carbonyl (C=O) groups excluding carboxylic acids is 1. The van der Waals surface area contributed by atoms with Crippen molar-refractivity contribution in [3.63, 3.8) is 0 Å². The highest BCUT2D eigenvalue weighted by Crippen LogP contribution is 2.37. The molecule has 1 aliphatic heterocycles. The van der Waals surface area contributed by atoms with Gasteiger partial charge in [0.1, 0.15) is 17.9 Å². The van der Waals surface area contributed by atoms with E-state index < -0.39 is 5.82 Å². The van der Waals surface area contributed by atoms with Gasteiger partial charge in [-0.05, 0) is 66.9 Å². The van der Waals surface area contributed by atoms with E-state index in [4.69, 9.17) is 4.99 Å². The van der Waals surface area contributed by atoms with Crippen molar-refractivity contribution in [2.24, 2.45) is 4.99 Å². The van der Waals surface area contributed by atoms with E-state index >= 15 is 0 Å². The Balaban J connectivity index is 1.63. The van der Waals surface area contributed by atoms with Crippen LogP contribution in [0.3, 0.4) is 0 Å². The van der Waals surface area contributed by atoms with Gasteiger partial charge in [-0.25, -0.2) is 8.78 Å². The Hall–Kier alpha value is -3.87. The van der Waals surface area contributed by atoms with Crippen molar-refractivity contribution in [2.45, 2.75) is 19.4 Å². The van der Waals surface area contributed by atoms with Crippen molar-refractivity contribution < 1.29 is 13.6 Å². The van der Waals surface area contributed by atoms with Crippen LogP contribution in [0.2, 0.25) is 0 Å². The number of hydrogen-bond acceptors (Lipinski definition) is 4. The van der Waals surface area contributed by atoms with Crippen molar-refractivity contribution in [3.8, 4) is 0 Å².